The molecule has 0 radical (unpaired) electrons. The lowest BCUT2D eigenvalue weighted by molar-refractivity contribution is 0.125. The maximum absolute atomic E-state index is 5.67. The SMILES string of the molecule is CN=C(NCCOCc1ccccc1)NC1CCC(SC)C1. The molecule has 1 fully saturated rings. The van der Waals surface area contributed by atoms with Crippen LogP contribution in [-0.2, 0) is 11.3 Å². The fourth-order valence-corrected chi connectivity index (χ4v) is 3.48. The molecule has 1 saturated carbocycles. The summed E-state index contributed by atoms with van der Waals surface area (Å²) < 4.78 is 5.67. The molecule has 0 bridgehead atoms. The van der Waals surface area contributed by atoms with Gasteiger partial charge < -0.3 is 15.4 Å². The van der Waals surface area contributed by atoms with Crippen molar-refractivity contribution in [3.05, 3.63) is 35.9 Å². The van der Waals surface area contributed by atoms with Crippen LogP contribution in [0.2, 0.25) is 0 Å². The highest BCUT2D eigenvalue weighted by molar-refractivity contribution is 7.99. The molecule has 2 unspecified atom stereocenters. The van der Waals surface area contributed by atoms with Gasteiger partial charge >= 0.3 is 0 Å². The summed E-state index contributed by atoms with van der Waals surface area (Å²) in [7, 11) is 1.82. The molecule has 0 aliphatic heterocycles. The van der Waals surface area contributed by atoms with Crippen molar-refractivity contribution in [2.75, 3.05) is 26.5 Å². The predicted molar refractivity (Wildman–Crippen MR) is 95.5 cm³/mol. The Hall–Kier alpha value is -1.20. The fourth-order valence-electron chi connectivity index (χ4n) is 2.68. The van der Waals surface area contributed by atoms with E-state index in [1.807, 2.05) is 37.0 Å². The minimum atomic E-state index is 0.550. The molecular formula is C17H27N3OS. The molecule has 0 heterocycles. The number of thioether (sulfide) groups is 1. The number of benzene rings is 1. The summed E-state index contributed by atoms with van der Waals surface area (Å²) in [6.45, 7) is 2.10. The molecule has 0 amide bonds. The van der Waals surface area contributed by atoms with Crippen LogP contribution in [0.15, 0.2) is 35.3 Å². The molecule has 5 heteroatoms. The number of hydrogen-bond acceptors (Lipinski definition) is 3. The second-order valence-electron chi connectivity index (χ2n) is 5.55. The number of nitrogens with zero attached hydrogens (tertiary/aromatic N) is 1. The maximum Gasteiger partial charge on any atom is 0.191 e. The average molecular weight is 321 g/mol. The average Bonchev–Trinajstić information content (AvgIpc) is 3.02. The lowest BCUT2D eigenvalue weighted by atomic mass is 10.2. The molecular weight excluding hydrogens is 294 g/mol. The third-order valence-electron chi connectivity index (χ3n) is 3.93. The van der Waals surface area contributed by atoms with Crippen molar-refractivity contribution in [1.82, 2.24) is 10.6 Å². The van der Waals surface area contributed by atoms with Gasteiger partial charge in [0.05, 0.1) is 13.2 Å². The highest BCUT2D eigenvalue weighted by atomic mass is 32.2. The first kappa shape index (κ1) is 17.2. The van der Waals surface area contributed by atoms with Crippen LogP contribution >= 0.6 is 11.8 Å². The molecule has 0 spiro atoms. The number of nitrogens with one attached hydrogen (secondary N) is 2. The van der Waals surface area contributed by atoms with E-state index < -0.39 is 0 Å². The Labute approximate surface area is 138 Å². The second-order valence-corrected chi connectivity index (χ2v) is 6.69. The Morgan fingerprint density at radius 3 is 2.82 bits per heavy atom. The lowest BCUT2D eigenvalue weighted by Crippen LogP contribution is -2.43. The molecule has 1 aromatic carbocycles. The van der Waals surface area contributed by atoms with E-state index >= 15 is 0 Å². The van der Waals surface area contributed by atoms with E-state index in [0.29, 0.717) is 19.3 Å². The molecule has 1 aliphatic carbocycles. The summed E-state index contributed by atoms with van der Waals surface area (Å²) >= 11 is 1.97. The Kier molecular flexibility index (Phi) is 7.60. The predicted octanol–water partition coefficient (Wildman–Crippen LogP) is 2.65. The molecule has 1 aliphatic rings. The third kappa shape index (κ3) is 5.89. The van der Waals surface area contributed by atoms with Crippen molar-refractivity contribution in [2.45, 2.75) is 37.2 Å². The fraction of sp³-hybridized carbons (Fsp3) is 0.588. The van der Waals surface area contributed by atoms with Crippen LogP contribution in [0, 0.1) is 0 Å². The van der Waals surface area contributed by atoms with E-state index in [1.54, 1.807) is 0 Å². The first-order valence-corrected chi connectivity index (χ1v) is 9.22. The van der Waals surface area contributed by atoms with E-state index in [2.05, 4.69) is 34.0 Å². The molecule has 4 nitrogen and oxygen atoms in total. The standard InChI is InChI=1S/C17H27N3OS/c1-18-17(20-15-8-9-16(12-15)22-2)19-10-11-21-13-14-6-4-3-5-7-14/h3-7,15-16H,8-13H2,1-2H3,(H2,18,19,20). The summed E-state index contributed by atoms with van der Waals surface area (Å²) in [4.78, 5) is 4.29. The van der Waals surface area contributed by atoms with E-state index in [4.69, 9.17) is 4.74 Å². The Balaban J connectivity index is 1.59. The van der Waals surface area contributed by atoms with E-state index in [1.165, 1.54) is 24.8 Å². The van der Waals surface area contributed by atoms with Gasteiger partial charge in [0.25, 0.3) is 0 Å². The van der Waals surface area contributed by atoms with Gasteiger partial charge in [0.15, 0.2) is 5.96 Å². The molecule has 22 heavy (non-hydrogen) atoms. The first-order valence-electron chi connectivity index (χ1n) is 7.93. The molecule has 1 aromatic rings. The van der Waals surface area contributed by atoms with Gasteiger partial charge in [-0.2, -0.15) is 11.8 Å². The van der Waals surface area contributed by atoms with Gasteiger partial charge in [-0.1, -0.05) is 30.3 Å². The highest BCUT2D eigenvalue weighted by Crippen LogP contribution is 2.27. The van der Waals surface area contributed by atoms with Gasteiger partial charge in [-0.25, -0.2) is 0 Å². The number of rotatable bonds is 7. The number of guanidine groups is 1. The summed E-state index contributed by atoms with van der Waals surface area (Å²) in [5.74, 6) is 0.884. The summed E-state index contributed by atoms with van der Waals surface area (Å²) in [5, 5.41) is 7.63. The summed E-state index contributed by atoms with van der Waals surface area (Å²) in [6.07, 6.45) is 5.96. The molecule has 0 aromatic heterocycles. The van der Waals surface area contributed by atoms with Gasteiger partial charge in [-0.15, -0.1) is 0 Å². The van der Waals surface area contributed by atoms with Crippen molar-refractivity contribution >= 4 is 17.7 Å². The van der Waals surface area contributed by atoms with Crippen LogP contribution in [0.4, 0.5) is 0 Å². The summed E-state index contributed by atoms with van der Waals surface area (Å²) in [5.41, 5.74) is 1.21. The van der Waals surface area contributed by atoms with Crippen LogP contribution in [0.1, 0.15) is 24.8 Å². The van der Waals surface area contributed by atoms with Crippen LogP contribution < -0.4 is 10.6 Å². The minimum Gasteiger partial charge on any atom is -0.375 e. The number of hydrogen-bond donors (Lipinski definition) is 2. The van der Waals surface area contributed by atoms with Crippen LogP contribution in [0.25, 0.3) is 0 Å². The normalized spacial score (nSPS) is 21.8. The van der Waals surface area contributed by atoms with Gasteiger partial charge in [-0.3, -0.25) is 4.99 Å². The van der Waals surface area contributed by atoms with Gasteiger partial charge in [0.1, 0.15) is 0 Å². The van der Waals surface area contributed by atoms with E-state index in [-0.39, 0.29) is 0 Å². The number of ether oxygens (including phenoxy) is 1. The number of aliphatic imine (C=N–C) groups is 1. The van der Waals surface area contributed by atoms with E-state index in [9.17, 15) is 0 Å². The van der Waals surface area contributed by atoms with Crippen molar-refractivity contribution < 1.29 is 4.74 Å². The highest BCUT2D eigenvalue weighted by Gasteiger charge is 2.24. The molecule has 2 N–H and O–H groups in total. The van der Waals surface area contributed by atoms with Crippen molar-refractivity contribution in [1.29, 1.82) is 0 Å². The summed E-state index contributed by atoms with van der Waals surface area (Å²) in [6, 6.07) is 10.8. The maximum atomic E-state index is 5.67. The zero-order chi connectivity index (χ0) is 15.6. The first-order chi connectivity index (χ1) is 10.8. The van der Waals surface area contributed by atoms with Crippen molar-refractivity contribution in [3.63, 3.8) is 0 Å². The smallest absolute Gasteiger partial charge is 0.191 e. The van der Waals surface area contributed by atoms with Crippen LogP contribution in [0.3, 0.4) is 0 Å². The second kappa shape index (κ2) is 9.74. The Morgan fingerprint density at radius 1 is 1.32 bits per heavy atom. The Bertz CT molecular complexity index is 452. The monoisotopic (exact) mass is 321 g/mol. The topological polar surface area (TPSA) is 45.7 Å². The van der Waals surface area contributed by atoms with Gasteiger partial charge in [0, 0.05) is 24.9 Å². The molecule has 2 atom stereocenters. The molecule has 0 saturated heterocycles. The van der Waals surface area contributed by atoms with Gasteiger partial charge in [-0.05, 0) is 31.1 Å². The largest absolute Gasteiger partial charge is 0.375 e. The third-order valence-corrected chi connectivity index (χ3v) is 5.03. The zero-order valence-corrected chi connectivity index (χ0v) is 14.4. The Morgan fingerprint density at radius 2 is 2.14 bits per heavy atom. The van der Waals surface area contributed by atoms with Crippen LogP contribution in [-0.4, -0.2) is 43.7 Å². The van der Waals surface area contributed by atoms with Gasteiger partial charge in [0.2, 0.25) is 0 Å². The minimum absolute atomic E-state index is 0.550. The quantitative estimate of drug-likeness (QED) is 0.460. The zero-order valence-electron chi connectivity index (χ0n) is 13.5. The molecule has 122 valence electrons. The van der Waals surface area contributed by atoms with E-state index in [0.717, 1.165) is 17.8 Å². The lowest BCUT2D eigenvalue weighted by Gasteiger charge is -2.17. The molecule has 2 rings (SSSR count). The van der Waals surface area contributed by atoms with Crippen molar-refractivity contribution in [3.8, 4) is 0 Å². The van der Waals surface area contributed by atoms with Crippen LogP contribution in [0.5, 0.6) is 0 Å². The van der Waals surface area contributed by atoms with Crippen molar-refractivity contribution in [2.24, 2.45) is 4.99 Å².